The van der Waals surface area contributed by atoms with Crippen LogP contribution in [-0.4, -0.2) is 121 Å². The Morgan fingerprint density at radius 3 is 1.59 bits per heavy atom. The van der Waals surface area contributed by atoms with Crippen LogP contribution in [0.5, 0.6) is 0 Å². The predicted molar refractivity (Wildman–Crippen MR) is 83.6 cm³/mol. The Kier molecular flexibility index (Phi) is 6.81. The Labute approximate surface area is 169 Å². The quantitative estimate of drug-likeness (QED) is 0.677. The minimum absolute atomic E-state index is 0. The summed E-state index contributed by atoms with van der Waals surface area (Å²) in [6.07, 6.45) is -1.41. The van der Waals surface area contributed by atoms with Gasteiger partial charge in [0.2, 0.25) is 0 Å². The molecule has 1 unspecified atom stereocenters. The van der Waals surface area contributed by atoms with E-state index in [1.165, 1.54) is 40.0 Å². The number of aliphatic hydroxyl groups is 1. The van der Waals surface area contributed by atoms with Crippen molar-refractivity contribution in [2.45, 2.75) is 6.10 Å². The molecule has 0 aromatic heterocycles. The average Bonchev–Trinajstić information content (AvgIpc) is 2.46. The molecular formula is C14H22N4O3Sr. The molecule has 4 fully saturated rings. The van der Waals surface area contributed by atoms with E-state index in [4.69, 9.17) is 10.2 Å². The van der Waals surface area contributed by atoms with Gasteiger partial charge in [0.05, 0.1) is 40.0 Å². The van der Waals surface area contributed by atoms with Gasteiger partial charge in [0.15, 0.2) is 6.10 Å². The molecule has 4 saturated heterocycles. The normalized spacial score (nSPS) is 32.4. The first-order chi connectivity index (χ1) is 10.1. The number of benzene rings is 1. The van der Waals surface area contributed by atoms with E-state index in [2.05, 4.69) is 19.6 Å². The summed E-state index contributed by atoms with van der Waals surface area (Å²) >= 11 is 0. The maximum absolute atomic E-state index is 10.2. The van der Waals surface area contributed by atoms with Gasteiger partial charge in [-0.3, -0.25) is 19.6 Å². The summed E-state index contributed by atoms with van der Waals surface area (Å²) in [7, 11) is 0. The largest absolute Gasteiger partial charge is 2.00 e. The van der Waals surface area contributed by atoms with Crippen LogP contribution in [0.15, 0.2) is 30.3 Å². The summed E-state index contributed by atoms with van der Waals surface area (Å²) < 4.78 is 0. The number of aliphatic hydroxyl groups excluding tert-OH is 1. The van der Waals surface area contributed by atoms with Gasteiger partial charge < -0.3 is 13.1 Å². The third kappa shape index (κ3) is 4.50. The standard InChI is InChI=1S/C8H8O3.C6H12N4.Sr.2H/c9-7(8(10)11)6-4-2-1-3-5-6;1-7-2-9-4-8(1)5-10(3-7)6-9;;;/h1-5,7,9H,(H,10,11);1-6H2;;;/q;;+2;2*-1. The minimum Gasteiger partial charge on any atom is -1.00 e. The third-order valence-electron chi connectivity index (χ3n) is 3.75. The molecular weight excluding hydrogens is 360 g/mol. The Hall–Kier alpha value is -0.0295. The number of carboxylic acid groups (broad SMARTS) is 1. The van der Waals surface area contributed by atoms with E-state index in [1.54, 1.807) is 30.3 Å². The maximum atomic E-state index is 10.2. The number of carboxylic acids is 1. The van der Waals surface area contributed by atoms with Gasteiger partial charge in [-0.2, -0.15) is 0 Å². The van der Waals surface area contributed by atoms with E-state index in [0.717, 1.165) is 0 Å². The van der Waals surface area contributed by atoms with E-state index in [0.29, 0.717) is 5.56 Å². The van der Waals surface area contributed by atoms with Crippen LogP contribution in [0.1, 0.15) is 14.5 Å². The summed E-state index contributed by atoms with van der Waals surface area (Å²) in [6, 6.07) is 8.26. The van der Waals surface area contributed by atoms with Crippen molar-refractivity contribution in [3.8, 4) is 0 Å². The van der Waals surface area contributed by atoms with Crippen LogP contribution < -0.4 is 0 Å². The van der Waals surface area contributed by atoms with Crippen LogP contribution in [0.25, 0.3) is 0 Å². The zero-order valence-corrected chi connectivity index (χ0v) is 16.0. The van der Waals surface area contributed by atoms with Crippen molar-refractivity contribution in [3.63, 3.8) is 0 Å². The van der Waals surface area contributed by atoms with E-state index >= 15 is 0 Å². The van der Waals surface area contributed by atoms with Gasteiger partial charge >= 0.3 is 51.5 Å². The van der Waals surface area contributed by atoms with Crippen LogP contribution in [0.2, 0.25) is 0 Å². The van der Waals surface area contributed by atoms with E-state index in [9.17, 15) is 4.79 Å². The zero-order valence-electron chi connectivity index (χ0n) is 14.5. The Bertz CT molecular complexity index is 456. The molecule has 0 saturated carbocycles. The van der Waals surface area contributed by atoms with Crippen LogP contribution in [0.4, 0.5) is 0 Å². The first-order valence-corrected chi connectivity index (χ1v) is 6.97. The molecule has 0 spiro atoms. The molecule has 0 amide bonds. The van der Waals surface area contributed by atoms with Crippen molar-refractivity contribution in [1.82, 2.24) is 19.6 Å². The average molecular weight is 382 g/mol. The summed E-state index contributed by atoms with van der Waals surface area (Å²) in [5.41, 5.74) is 0.403. The SMILES string of the molecule is C1N2CN3CN1CN(C2)C3.O=C(O)C(O)c1ccccc1.[H-].[H-].[Sr+2]. The summed E-state index contributed by atoms with van der Waals surface area (Å²) in [5, 5.41) is 17.4. The van der Waals surface area contributed by atoms with Gasteiger partial charge in [-0.05, 0) is 5.56 Å². The van der Waals surface area contributed by atoms with Gasteiger partial charge in [-0.25, -0.2) is 4.79 Å². The number of hydrogen-bond donors (Lipinski definition) is 2. The smallest absolute Gasteiger partial charge is 1.00 e. The number of hydrogen-bond acceptors (Lipinski definition) is 6. The van der Waals surface area contributed by atoms with Crippen molar-refractivity contribution < 1.29 is 17.9 Å². The first-order valence-electron chi connectivity index (χ1n) is 6.97. The second kappa shape index (κ2) is 8.18. The fourth-order valence-electron chi connectivity index (χ4n) is 3.01. The zero-order chi connectivity index (χ0) is 14.8. The van der Waals surface area contributed by atoms with E-state index in [-0.39, 0.29) is 48.3 Å². The fraction of sp³-hybridized carbons (Fsp3) is 0.500. The number of aliphatic carboxylic acids is 1. The van der Waals surface area contributed by atoms with E-state index in [1.807, 2.05) is 0 Å². The Morgan fingerprint density at radius 1 is 0.909 bits per heavy atom. The van der Waals surface area contributed by atoms with Crippen molar-refractivity contribution in [1.29, 1.82) is 0 Å². The summed E-state index contributed by atoms with van der Waals surface area (Å²) in [6.45, 7) is 7.12. The molecule has 4 aliphatic rings. The molecule has 7 nitrogen and oxygen atoms in total. The molecule has 1 aromatic rings. The second-order valence-corrected chi connectivity index (χ2v) is 5.68. The van der Waals surface area contributed by atoms with Crippen molar-refractivity contribution in [3.05, 3.63) is 35.9 Å². The summed E-state index contributed by atoms with van der Waals surface area (Å²) in [4.78, 5) is 20.1. The molecule has 2 N–H and O–H groups in total. The monoisotopic (exact) mass is 382 g/mol. The first kappa shape index (κ1) is 18.3. The molecule has 22 heavy (non-hydrogen) atoms. The van der Waals surface area contributed by atoms with Crippen molar-refractivity contribution in [2.75, 3.05) is 40.0 Å². The fourth-order valence-corrected chi connectivity index (χ4v) is 3.01. The van der Waals surface area contributed by atoms with Gasteiger partial charge in [0.25, 0.3) is 0 Å². The molecule has 5 rings (SSSR count). The molecule has 8 heteroatoms. The second-order valence-electron chi connectivity index (χ2n) is 5.68. The molecule has 4 heterocycles. The molecule has 1 aromatic carbocycles. The Balaban J connectivity index is 0.000000392. The topological polar surface area (TPSA) is 70.5 Å². The van der Waals surface area contributed by atoms with Crippen LogP contribution in [0.3, 0.4) is 0 Å². The maximum Gasteiger partial charge on any atom is 2.00 e. The number of nitrogens with zero attached hydrogens (tertiary/aromatic N) is 4. The molecule has 118 valence electrons. The van der Waals surface area contributed by atoms with Crippen LogP contribution in [-0.2, 0) is 4.79 Å². The molecule has 4 aliphatic heterocycles. The van der Waals surface area contributed by atoms with Gasteiger partial charge in [0.1, 0.15) is 0 Å². The van der Waals surface area contributed by atoms with Crippen LogP contribution >= 0.6 is 0 Å². The molecule has 0 radical (unpaired) electrons. The van der Waals surface area contributed by atoms with Crippen molar-refractivity contribution in [2.24, 2.45) is 0 Å². The Morgan fingerprint density at radius 2 is 1.27 bits per heavy atom. The van der Waals surface area contributed by atoms with Crippen LogP contribution in [0, 0.1) is 0 Å². The van der Waals surface area contributed by atoms with Crippen molar-refractivity contribution >= 4 is 51.5 Å². The van der Waals surface area contributed by atoms with E-state index < -0.39 is 12.1 Å². The minimum atomic E-state index is -1.41. The molecule has 1 atom stereocenters. The third-order valence-corrected chi connectivity index (χ3v) is 3.75. The van der Waals surface area contributed by atoms with Gasteiger partial charge in [0, 0.05) is 0 Å². The number of carbonyl (C=O) groups is 1. The summed E-state index contributed by atoms with van der Waals surface area (Å²) in [5.74, 6) is -1.23. The molecule has 0 aliphatic carbocycles. The molecule has 4 bridgehead atoms. The van der Waals surface area contributed by atoms with Gasteiger partial charge in [-0.1, -0.05) is 30.3 Å². The predicted octanol–water partition coefficient (Wildman–Crippen LogP) is -0.371. The van der Waals surface area contributed by atoms with Gasteiger partial charge in [-0.15, -0.1) is 0 Å². The number of rotatable bonds is 2.